The van der Waals surface area contributed by atoms with Crippen LogP contribution in [-0.2, 0) is 0 Å². The molecule has 0 atom stereocenters. The number of benzene rings is 1. The number of hydrogen-bond acceptors (Lipinski definition) is 3. The molecular weight excluding hydrogens is 309 g/mol. The normalized spacial score (nSPS) is 10.3. The molecule has 2 rings (SSSR count). The monoisotopic (exact) mass is 323 g/mol. The van der Waals surface area contributed by atoms with Crippen LogP contribution in [0.2, 0.25) is 0 Å². The molecule has 3 nitrogen and oxygen atoms in total. The lowest BCUT2D eigenvalue weighted by molar-refractivity contribution is 0.627. The number of aromatic nitrogens is 1. The molecule has 0 amide bonds. The largest absolute Gasteiger partial charge is 0.370 e. The SMILES string of the molecule is CCCNc1cc(Nc2ccc(F)cc2Br)ccn1. The zero-order chi connectivity index (χ0) is 13.7. The van der Waals surface area contributed by atoms with Gasteiger partial charge in [0, 0.05) is 29.0 Å². The van der Waals surface area contributed by atoms with Crippen molar-refractivity contribution in [1.29, 1.82) is 0 Å². The molecule has 19 heavy (non-hydrogen) atoms. The summed E-state index contributed by atoms with van der Waals surface area (Å²) < 4.78 is 13.7. The van der Waals surface area contributed by atoms with Crippen LogP contribution in [0.4, 0.5) is 21.6 Å². The van der Waals surface area contributed by atoms with Crippen molar-refractivity contribution < 1.29 is 4.39 Å². The van der Waals surface area contributed by atoms with E-state index < -0.39 is 0 Å². The average molecular weight is 324 g/mol. The first kappa shape index (κ1) is 13.8. The smallest absolute Gasteiger partial charge is 0.127 e. The molecule has 1 aromatic carbocycles. The van der Waals surface area contributed by atoms with Crippen LogP contribution < -0.4 is 10.6 Å². The summed E-state index contributed by atoms with van der Waals surface area (Å²) in [6, 6.07) is 8.33. The first-order valence-corrected chi connectivity index (χ1v) is 6.90. The van der Waals surface area contributed by atoms with Gasteiger partial charge < -0.3 is 10.6 Å². The lowest BCUT2D eigenvalue weighted by Crippen LogP contribution is -2.02. The highest BCUT2D eigenvalue weighted by Crippen LogP contribution is 2.27. The summed E-state index contributed by atoms with van der Waals surface area (Å²) in [5.41, 5.74) is 1.72. The van der Waals surface area contributed by atoms with Crippen LogP contribution in [0.15, 0.2) is 41.0 Å². The van der Waals surface area contributed by atoms with Gasteiger partial charge >= 0.3 is 0 Å². The van der Waals surface area contributed by atoms with Crippen LogP contribution in [0.1, 0.15) is 13.3 Å². The second-order valence-corrected chi connectivity index (χ2v) is 4.96. The zero-order valence-corrected chi connectivity index (χ0v) is 12.2. The summed E-state index contributed by atoms with van der Waals surface area (Å²) in [6.07, 6.45) is 2.78. The van der Waals surface area contributed by atoms with Crippen LogP contribution in [0, 0.1) is 5.82 Å². The molecule has 2 N–H and O–H groups in total. The standard InChI is InChI=1S/C14H15BrFN3/c1-2-6-17-14-9-11(5-7-18-14)19-13-4-3-10(16)8-12(13)15/h3-5,7-9H,2,6H2,1H3,(H2,17,18,19). The Morgan fingerprint density at radius 1 is 1.26 bits per heavy atom. The molecule has 0 radical (unpaired) electrons. The summed E-state index contributed by atoms with van der Waals surface area (Å²) in [5.74, 6) is 0.558. The van der Waals surface area contributed by atoms with Gasteiger partial charge in [0.25, 0.3) is 0 Å². The Morgan fingerprint density at radius 3 is 2.84 bits per heavy atom. The van der Waals surface area contributed by atoms with Crippen LogP contribution in [-0.4, -0.2) is 11.5 Å². The highest BCUT2D eigenvalue weighted by molar-refractivity contribution is 9.10. The summed E-state index contributed by atoms with van der Waals surface area (Å²) in [5, 5.41) is 6.44. The maximum Gasteiger partial charge on any atom is 0.127 e. The molecule has 100 valence electrons. The number of pyridine rings is 1. The molecule has 0 bridgehead atoms. The van der Waals surface area contributed by atoms with E-state index in [0.717, 1.165) is 30.2 Å². The van der Waals surface area contributed by atoms with E-state index in [2.05, 4.69) is 38.5 Å². The molecular formula is C14H15BrFN3. The van der Waals surface area contributed by atoms with Crippen molar-refractivity contribution in [3.8, 4) is 0 Å². The van der Waals surface area contributed by atoms with Gasteiger partial charge in [-0.25, -0.2) is 9.37 Å². The summed E-state index contributed by atoms with van der Waals surface area (Å²) >= 11 is 3.33. The van der Waals surface area contributed by atoms with Crippen molar-refractivity contribution in [2.45, 2.75) is 13.3 Å². The number of rotatable bonds is 5. The third-order valence-electron chi connectivity index (χ3n) is 2.53. The Labute approximate surface area is 120 Å². The molecule has 0 saturated heterocycles. The number of hydrogen-bond donors (Lipinski definition) is 2. The van der Waals surface area contributed by atoms with Crippen LogP contribution in [0.25, 0.3) is 0 Å². The second kappa shape index (κ2) is 6.52. The molecule has 0 aliphatic heterocycles. The van der Waals surface area contributed by atoms with E-state index >= 15 is 0 Å². The lowest BCUT2D eigenvalue weighted by Gasteiger charge is -2.10. The van der Waals surface area contributed by atoms with E-state index in [0.29, 0.717) is 4.47 Å². The molecule has 1 aromatic heterocycles. The van der Waals surface area contributed by atoms with Crippen LogP contribution >= 0.6 is 15.9 Å². The maximum atomic E-state index is 13.0. The Morgan fingerprint density at radius 2 is 2.11 bits per heavy atom. The van der Waals surface area contributed by atoms with Gasteiger partial charge in [-0.3, -0.25) is 0 Å². The Hall–Kier alpha value is -1.62. The number of anilines is 3. The fourth-order valence-electron chi connectivity index (χ4n) is 1.60. The van der Waals surface area contributed by atoms with Crippen molar-refractivity contribution in [2.75, 3.05) is 17.2 Å². The minimum Gasteiger partial charge on any atom is -0.370 e. The third-order valence-corrected chi connectivity index (χ3v) is 3.18. The van der Waals surface area contributed by atoms with Crippen LogP contribution in [0.3, 0.4) is 0 Å². The number of nitrogens with zero attached hydrogens (tertiary/aromatic N) is 1. The van der Waals surface area contributed by atoms with E-state index in [4.69, 9.17) is 0 Å². The first-order valence-electron chi connectivity index (χ1n) is 6.11. The van der Waals surface area contributed by atoms with Crippen LogP contribution in [0.5, 0.6) is 0 Å². The van der Waals surface area contributed by atoms with Gasteiger partial charge in [-0.2, -0.15) is 0 Å². The molecule has 5 heteroatoms. The average Bonchev–Trinajstić information content (AvgIpc) is 2.40. The fraction of sp³-hybridized carbons (Fsp3) is 0.214. The summed E-state index contributed by atoms with van der Waals surface area (Å²) in [4.78, 5) is 4.23. The topological polar surface area (TPSA) is 37.0 Å². The quantitative estimate of drug-likeness (QED) is 0.847. The van der Waals surface area contributed by atoms with E-state index in [-0.39, 0.29) is 5.82 Å². The highest BCUT2D eigenvalue weighted by Gasteiger charge is 2.03. The summed E-state index contributed by atoms with van der Waals surface area (Å²) in [7, 11) is 0. The molecule has 2 aromatic rings. The maximum absolute atomic E-state index is 13.0. The van der Waals surface area contributed by atoms with Crippen molar-refractivity contribution in [3.05, 3.63) is 46.8 Å². The Bertz CT molecular complexity index is 560. The zero-order valence-electron chi connectivity index (χ0n) is 10.6. The van der Waals surface area contributed by atoms with Crippen molar-refractivity contribution >= 4 is 33.1 Å². The molecule has 0 saturated carbocycles. The fourth-order valence-corrected chi connectivity index (χ4v) is 2.05. The van der Waals surface area contributed by atoms with E-state index in [1.54, 1.807) is 12.3 Å². The van der Waals surface area contributed by atoms with Gasteiger partial charge in [0.15, 0.2) is 0 Å². The number of halogens is 2. The highest BCUT2D eigenvalue weighted by atomic mass is 79.9. The number of nitrogens with one attached hydrogen (secondary N) is 2. The second-order valence-electron chi connectivity index (χ2n) is 4.11. The third kappa shape index (κ3) is 3.92. The van der Waals surface area contributed by atoms with Gasteiger partial charge in [-0.15, -0.1) is 0 Å². The molecule has 0 unspecified atom stereocenters. The van der Waals surface area contributed by atoms with E-state index in [1.165, 1.54) is 12.1 Å². The van der Waals surface area contributed by atoms with Crippen molar-refractivity contribution in [2.24, 2.45) is 0 Å². The molecule has 0 fully saturated rings. The Kier molecular flexibility index (Phi) is 4.74. The van der Waals surface area contributed by atoms with Crippen molar-refractivity contribution in [3.63, 3.8) is 0 Å². The van der Waals surface area contributed by atoms with Gasteiger partial charge in [-0.05, 0) is 46.6 Å². The molecule has 1 heterocycles. The van der Waals surface area contributed by atoms with Gasteiger partial charge in [-0.1, -0.05) is 6.92 Å². The first-order chi connectivity index (χ1) is 9.19. The minimum absolute atomic E-state index is 0.266. The van der Waals surface area contributed by atoms with E-state index in [1.807, 2.05) is 12.1 Å². The van der Waals surface area contributed by atoms with Gasteiger partial charge in [0.05, 0.1) is 5.69 Å². The van der Waals surface area contributed by atoms with Gasteiger partial charge in [0.2, 0.25) is 0 Å². The van der Waals surface area contributed by atoms with E-state index in [9.17, 15) is 4.39 Å². The molecule has 0 aliphatic rings. The Balaban J connectivity index is 2.14. The lowest BCUT2D eigenvalue weighted by atomic mass is 10.3. The summed E-state index contributed by atoms with van der Waals surface area (Å²) in [6.45, 7) is 2.99. The minimum atomic E-state index is -0.266. The molecule has 0 aliphatic carbocycles. The van der Waals surface area contributed by atoms with Crippen molar-refractivity contribution in [1.82, 2.24) is 4.98 Å². The predicted molar refractivity (Wildman–Crippen MR) is 80.4 cm³/mol. The van der Waals surface area contributed by atoms with Gasteiger partial charge in [0.1, 0.15) is 11.6 Å². The molecule has 0 spiro atoms. The predicted octanol–water partition coefficient (Wildman–Crippen LogP) is 4.55.